The molecule has 0 spiro atoms. The molecule has 4 rings (SSSR count). The van der Waals surface area contributed by atoms with Gasteiger partial charge in [-0.3, -0.25) is 0 Å². The monoisotopic (exact) mass is 286 g/mol. The minimum absolute atomic E-state index is 0.169. The van der Waals surface area contributed by atoms with E-state index in [-0.39, 0.29) is 37.3 Å². The van der Waals surface area contributed by atoms with Crippen LogP contribution in [0.1, 0.15) is 38.5 Å². The second-order valence-electron chi connectivity index (χ2n) is 6.39. The molecule has 2 N–H and O–H groups in total. The van der Waals surface area contributed by atoms with Crippen molar-refractivity contribution in [2.45, 2.75) is 74.5 Å². The molecule has 0 saturated carbocycles. The normalized spacial score (nSPS) is 55.5. The standard InChI is InChI=1S/C14H22O6/c15-13-8-12-10(4-2-6-18-12)20-14(13,16)7-11-9(19-13)3-1-5-17-11/h9-12,15-16H,1-8H2/t9-,10+,11+,12-,13+,14-. The topological polar surface area (TPSA) is 77.4 Å². The van der Waals surface area contributed by atoms with Gasteiger partial charge in [-0.2, -0.15) is 0 Å². The van der Waals surface area contributed by atoms with Crippen molar-refractivity contribution in [3.63, 3.8) is 0 Å². The molecule has 6 heteroatoms. The molecule has 0 aromatic heterocycles. The Kier molecular flexibility index (Phi) is 3.11. The lowest BCUT2D eigenvalue weighted by molar-refractivity contribution is -0.472. The third kappa shape index (κ3) is 1.94. The van der Waals surface area contributed by atoms with Gasteiger partial charge in [-0.25, -0.2) is 0 Å². The molecular formula is C14H22O6. The Bertz CT molecular complexity index is 322. The molecule has 0 aliphatic carbocycles. The van der Waals surface area contributed by atoms with Crippen molar-refractivity contribution < 1.29 is 29.2 Å². The quantitative estimate of drug-likeness (QED) is 0.667. The Hall–Kier alpha value is -0.240. The van der Waals surface area contributed by atoms with Gasteiger partial charge in [0.05, 0.1) is 24.4 Å². The van der Waals surface area contributed by atoms with E-state index in [0.717, 1.165) is 25.7 Å². The highest BCUT2D eigenvalue weighted by molar-refractivity contribution is 5.03. The largest absolute Gasteiger partial charge is 0.375 e. The van der Waals surface area contributed by atoms with Crippen molar-refractivity contribution >= 4 is 0 Å². The van der Waals surface area contributed by atoms with Crippen LogP contribution in [-0.2, 0) is 18.9 Å². The van der Waals surface area contributed by atoms with Gasteiger partial charge >= 0.3 is 0 Å². The Balaban J connectivity index is 1.60. The molecule has 4 saturated heterocycles. The van der Waals surface area contributed by atoms with Gasteiger partial charge in [0.2, 0.25) is 11.6 Å². The average Bonchev–Trinajstić information content (AvgIpc) is 2.42. The fourth-order valence-corrected chi connectivity index (χ4v) is 3.92. The maximum atomic E-state index is 10.8. The summed E-state index contributed by atoms with van der Waals surface area (Å²) in [5, 5.41) is 21.6. The van der Waals surface area contributed by atoms with Crippen molar-refractivity contribution in [2.24, 2.45) is 0 Å². The van der Waals surface area contributed by atoms with E-state index in [4.69, 9.17) is 18.9 Å². The number of rotatable bonds is 0. The first-order valence-electron chi connectivity index (χ1n) is 7.63. The van der Waals surface area contributed by atoms with Crippen LogP contribution < -0.4 is 0 Å². The Morgan fingerprint density at radius 2 is 1.15 bits per heavy atom. The van der Waals surface area contributed by atoms with Crippen molar-refractivity contribution in [1.82, 2.24) is 0 Å². The van der Waals surface area contributed by atoms with Gasteiger partial charge in [0.1, 0.15) is 0 Å². The van der Waals surface area contributed by atoms with Gasteiger partial charge in [-0.15, -0.1) is 0 Å². The third-order valence-electron chi connectivity index (χ3n) is 5.02. The van der Waals surface area contributed by atoms with Crippen LogP contribution >= 0.6 is 0 Å². The van der Waals surface area contributed by atoms with Crippen LogP contribution in [0.3, 0.4) is 0 Å². The molecular weight excluding hydrogens is 264 g/mol. The summed E-state index contributed by atoms with van der Waals surface area (Å²) in [4.78, 5) is 0. The summed E-state index contributed by atoms with van der Waals surface area (Å²) >= 11 is 0. The van der Waals surface area contributed by atoms with Gasteiger partial charge in [-0.1, -0.05) is 0 Å². The van der Waals surface area contributed by atoms with E-state index in [1.165, 1.54) is 0 Å². The summed E-state index contributed by atoms with van der Waals surface area (Å²) in [6.07, 6.45) is 3.31. The first-order chi connectivity index (χ1) is 9.60. The van der Waals surface area contributed by atoms with Crippen molar-refractivity contribution in [1.29, 1.82) is 0 Å². The molecule has 0 aromatic carbocycles. The maximum absolute atomic E-state index is 10.8. The minimum atomic E-state index is -1.69. The SMILES string of the molecule is O[C@@]12C[C@@H]3OCCC[C@H]3O[C@@]1(O)C[C@H]1OCCC[C@@H]1O2. The highest BCUT2D eigenvalue weighted by Crippen LogP contribution is 2.48. The van der Waals surface area contributed by atoms with E-state index in [2.05, 4.69) is 0 Å². The summed E-state index contributed by atoms with van der Waals surface area (Å²) in [6.45, 7) is 1.35. The summed E-state index contributed by atoms with van der Waals surface area (Å²) < 4.78 is 23.0. The molecule has 0 radical (unpaired) electrons. The number of fused-ring (bicyclic) bond motifs is 3. The van der Waals surface area contributed by atoms with Gasteiger partial charge in [0.25, 0.3) is 0 Å². The van der Waals surface area contributed by atoms with Crippen LogP contribution in [0, 0.1) is 0 Å². The molecule has 0 unspecified atom stereocenters. The molecule has 114 valence electrons. The summed E-state index contributed by atoms with van der Waals surface area (Å²) in [5.74, 6) is -3.37. The first kappa shape index (κ1) is 13.4. The lowest BCUT2D eigenvalue weighted by Crippen LogP contribution is -2.72. The second kappa shape index (κ2) is 4.63. The number of hydrogen-bond acceptors (Lipinski definition) is 6. The molecule has 4 heterocycles. The van der Waals surface area contributed by atoms with Gasteiger partial charge < -0.3 is 29.2 Å². The molecule has 20 heavy (non-hydrogen) atoms. The molecule has 4 fully saturated rings. The molecule has 6 atom stereocenters. The van der Waals surface area contributed by atoms with Crippen LogP contribution in [0.2, 0.25) is 0 Å². The fourth-order valence-electron chi connectivity index (χ4n) is 3.92. The lowest BCUT2D eigenvalue weighted by atomic mass is 9.81. The Morgan fingerprint density at radius 3 is 1.60 bits per heavy atom. The van der Waals surface area contributed by atoms with E-state index >= 15 is 0 Å². The Labute approximate surface area is 118 Å². The minimum Gasteiger partial charge on any atom is -0.375 e. The average molecular weight is 286 g/mol. The second-order valence-corrected chi connectivity index (χ2v) is 6.39. The van der Waals surface area contributed by atoms with Crippen LogP contribution in [0.15, 0.2) is 0 Å². The number of ether oxygens (including phenoxy) is 4. The third-order valence-corrected chi connectivity index (χ3v) is 5.02. The molecule has 4 aliphatic heterocycles. The van der Waals surface area contributed by atoms with Crippen molar-refractivity contribution in [3.05, 3.63) is 0 Å². The summed E-state index contributed by atoms with van der Waals surface area (Å²) in [6, 6.07) is 0. The van der Waals surface area contributed by atoms with Crippen molar-refractivity contribution in [3.8, 4) is 0 Å². The predicted molar refractivity (Wildman–Crippen MR) is 66.8 cm³/mol. The maximum Gasteiger partial charge on any atom is 0.224 e. The van der Waals surface area contributed by atoms with Gasteiger partial charge in [0, 0.05) is 26.1 Å². The predicted octanol–water partition coefficient (Wildman–Crippen LogP) is 0.299. The van der Waals surface area contributed by atoms with E-state index in [0.29, 0.717) is 13.2 Å². The van der Waals surface area contributed by atoms with Gasteiger partial charge in [-0.05, 0) is 25.7 Å². The van der Waals surface area contributed by atoms with Crippen LogP contribution in [0.25, 0.3) is 0 Å². The summed E-state index contributed by atoms with van der Waals surface area (Å²) in [7, 11) is 0. The highest BCUT2D eigenvalue weighted by atomic mass is 16.7. The highest BCUT2D eigenvalue weighted by Gasteiger charge is 2.65. The zero-order valence-electron chi connectivity index (χ0n) is 11.5. The molecule has 6 nitrogen and oxygen atoms in total. The van der Waals surface area contributed by atoms with Crippen LogP contribution in [-0.4, -0.2) is 59.4 Å². The first-order valence-corrected chi connectivity index (χ1v) is 7.63. The smallest absolute Gasteiger partial charge is 0.224 e. The summed E-state index contributed by atoms with van der Waals surface area (Å²) in [5.41, 5.74) is 0. The molecule has 4 aliphatic rings. The zero-order chi connectivity index (χ0) is 13.8. The number of hydrogen-bond donors (Lipinski definition) is 2. The molecule has 0 amide bonds. The molecule has 0 aromatic rings. The Morgan fingerprint density at radius 1 is 0.700 bits per heavy atom. The van der Waals surface area contributed by atoms with Gasteiger partial charge in [0.15, 0.2) is 0 Å². The fraction of sp³-hybridized carbons (Fsp3) is 1.00. The van der Waals surface area contributed by atoms with Crippen molar-refractivity contribution in [2.75, 3.05) is 13.2 Å². The molecule has 0 bridgehead atoms. The van der Waals surface area contributed by atoms with E-state index in [9.17, 15) is 10.2 Å². The lowest BCUT2D eigenvalue weighted by Gasteiger charge is -2.57. The zero-order valence-corrected chi connectivity index (χ0v) is 11.5. The van der Waals surface area contributed by atoms with E-state index in [1.54, 1.807) is 0 Å². The number of aliphatic hydroxyl groups is 2. The van der Waals surface area contributed by atoms with Crippen LogP contribution in [0.4, 0.5) is 0 Å². The van der Waals surface area contributed by atoms with Crippen LogP contribution in [0.5, 0.6) is 0 Å². The van der Waals surface area contributed by atoms with E-state index < -0.39 is 11.6 Å². The van der Waals surface area contributed by atoms with E-state index in [1.807, 2.05) is 0 Å².